The normalized spacial score (nSPS) is 23.4. The summed E-state index contributed by atoms with van der Waals surface area (Å²) in [7, 11) is 0. The van der Waals surface area contributed by atoms with Gasteiger partial charge in [0, 0.05) is 24.7 Å². The molecular weight excluding hydrogens is 240 g/mol. The van der Waals surface area contributed by atoms with Gasteiger partial charge in [-0.2, -0.15) is 0 Å². The Bertz CT molecular complexity index is 422. The lowest BCUT2D eigenvalue weighted by molar-refractivity contribution is 0.0241. The largest absolute Gasteiger partial charge is 0.491 e. The third-order valence-electron chi connectivity index (χ3n) is 3.49. The number of benzene rings is 1. The lowest BCUT2D eigenvalue weighted by Gasteiger charge is -2.27. The van der Waals surface area contributed by atoms with Crippen LogP contribution in [0.3, 0.4) is 0 Å². The van der Waals surface area contributed by atoms with Gasteiger partial charge in [0.2, 0.25) is 0 Å². The van der Waals surface area contributed by atoms with Gasteiger partial charge in [0.1, 0.15) is 5.75 Å². The van der Waals surface area contributed by atoms with E-state index in [1.54, 1.807) is 0 Å². The van der Waals surface area contributed by atoms with Gasteiger partial charge in [0.15, 0.2) is 5.78 Å². The summed E-state index contributed by atoms with van der Waals surface area (Å²) in [5.41, 5.74) is 0.773. The van der Waals surface area contributed by atoms with Crippen molar-refractivity contribution in [3.8, 4) is 5.75 Å². The first kappa shape index (κ1) is 14.1. The summed E-state index contributed by atoms with van der Waals surface area (Å²) in [5.74, 6) is 1.43. The summed E-state index contributed by atoms with van der Waals surface area (Å²) in [4.78, 5) is 12.4. The molecular formula is C16H22O3. The van der Waals surface area contributed by atoms with Gasteiger partial charge in [-0.1, -0.05) is 6.92 Å². The zero-order chi connectivity index (χ0) is 13.8. The predicted octanol–water partition coefficient (Wildman–Crippen LogP) is 3.33. The summed E-state index contributed by atoms with van der Waals surface area (Å²) in [5, 5.41) is 0. The second-order valence-corrected chi connectivity index (χ2v) is 5.50. The third-order valence-corrected chi connectivity index (χ3v) is 3.49. The van der Waals surface area contributed by atoms with Crippen LogP contribution in [0.25, 0.3) is 0 Å². The molecule has 0 bridgehead atoms. The van der Waals surface area contributed by atoms with Crippen LogP contribution in [0.2, 0.25) is 0 Å². The van der Waals surface area contributed by atoms with Crippen molar-refractivity contribution >= 4 is 5.78 Å². The average Bonchev–Trinajstić information content (AvgIpc) is 2.39. The number of hydrogen-bond acceptors (Lipinski definition) is 3. The predicted molar refractivity (Wildman–Crippen MR) is 74.6 cm³/mol. The highest BCUT2D eigenvalue weighted by Crippen LogP contribution is 2.26. The highest BCUT2D eigenvalue weighted by atomic mass is 16.5. The number of hydrogen-bond donors (Lipinski definition) is 0. The Balaban J connectivity index is 2.06. The summed E-state index contributed by atoms with van der Waals surface area (Å²) < 4.78 is 11.0. The van der Waals surface area contributed by atoms with Crippen molar-refractivity contribution in [2.75, 3.05) is 13.2 Å². The smallest absolute Gasteiger partial charge is 0.166 e. The number of ether oxygens (including phenoxy) is 2. The van der Waals surface area contributed by atoms with E-state index in [9.17, 15) is 4.79 Å². The Morgan fingerprint density at radius 2 is 2.00 bits per heavy atom. The molecule has 1 fully saturated rings. The van der Waals surface area contributed by atoms with Crippen molar-refractivity contribution in [2.45, 2.75) is 33.3 Å². The van der Waals surface area contributed by atoms with Crippen LogP contribution >= 0.6 is 0 Å². The third kappa shape index (κ3) is 3.57. The van der Waals surface area contributed by atoms with Gasteiger partial charge in [-0.3, -0.25) is 4.79 Å². The zero-order valence-corrected chi connectivity index (χ0v) is 11.9. The molecule has 0 saturated carbocycles. The van der Waals surface area contributed by atoms with E-state index in [1.807, 2.05) is 38.1 Å². The van der Waals surface area contributed by atoms with Crippen LogP contribution in [0.5, 0.6) is 5.75 Å². The minimum atomic E-state index is 0.0885. The van der Waals surface area contributed by atoms with Crippen molar-refractivity contribution < 1.29 is 14.3 Å². The summed E-state index contributed by atoms with van der Waals surface area (Å²) in [6.45, 7) is 7.43. The fraction of sp³-hybridized carbons (Fsp3) is 0.562. The molecule has 1 saturated heterocycles. The second kappa shape index (κ2) is 6.20. The van der Waals surface area contributed by atoms with Gasteiger partial charge in [0.25, 0.3) is 0 Å². The highest BCUT2D eigenvalue weighted by molar-refractivity contribution is 5.98. The first-order chi connectivity index (χ1) is 9.08. The topological polar surface area (TPSA) is 35.5 Å². The fourth-order valence-corrected chi connectivity index (χ4v) is 2.45. The molecule has 2 rings (SSSR count). The summed E-state index contributed by atoms with van der Waals surface area (Å²) in [6, 6.07) is 7.47. The molecule has 0 N–H and O–H groups in total. The Morgan fingerprint density at radius 3 is 2.58 bits per heavy atom. The Hall–Kier alpha value is -1.35. The Kier molecular flexibility index (Phi) is 4.59. The van der Waals surface area contributed by atoms with E-state index in [2.05, 4.69) is 6.92 Å². The lowest BCUT2D eigenvalue weighted by atomic mass is 9.83. The number of carbonyl (C=O) groups is 1. The van der Waals surface area contributed by atoms with E-state index < -0.39 is 0 Å². The molecule has 1 heterocycles. The maximum Gasteiger partial charge on any atom is 0.166 e. The highest BCUT2D eigenvalue weighted by Gasteiger charge is 2.28. The maximum absolute atomic E-state index is 12.4. The second-order valence-electron chi connectivity index (χ2n) is 5.50. The van der Waals surface area contributed by atoms with Crippen LogP contribution in [0.4, 0.5) is 0 Å². The van der Waals surface area contributed by atoms with E-state index in [1.165, 1.54) is 0 Å². The number of carbonyl (C=O) groups excluding carboxylic acids is 1. The molecule has 104 valence electrons. The van der Waals surface area contributed by atoms with Gasteiger partial charge in [0.05, 0.1) is 6.10 Å². The minimum Gasteiger partial charge on any atom is -0.491 e. The molecule has 2 unspecified atom stereocenters. The van der Waals surface area contributed by atoms with Crippen molar-refractivity contribution in [1.82, 2.24) is 0 Å². The fourth-order valence-electron chi connectivity index (χ4n) is 2.45. The molecule has 1 aliphatic rings. The zero-order valence-electron chi connectivity index (χ0n) is 11.9. The van der Waals surface area contributed by atoms with E-state index in [-0.39, 0.29) is 17.8 Å². The van der Waals surface area contributed by atoms with Gasteiger partial charge in [-0.15, -0.1) is 0 Å². The van der Waals surface area contributed by atoms with Crippen molar-refractivity contribution in [3.63, 3.8) is 0 Å². The van der Waals surface area contributed by atoms with E-state index >= 15 is 0 Å². The quantitative estimate of drug-likeness (QED) is 0.781. The average molecular weight is 262 g/mol. The molecule has 1 aromatic rings. The minimum absolute atomic E-state index is 0.0885. The Morgan fingerprint density at radius 1 is 1.32 bits per heavy atom. The first-order valence-electron chi connectivity index (χ1n) is 6.96. The van der Waals surface area contributed by atoms with Crippen LogP contribution in [-0.4, -0.2) is 25.1 Å². The lowest BCUT2D eigenvalue weighted by Crippen LogP contribution is -2.31. The monoisotopic (exact) mass is 262 g/mol. The van der Waals surface area contributed by atoms with Gasteiger partial charge < -0.3 is 9.47 Å². The summed E-state index contributed by atoms with van der Waals surface area (Å²) >= 11 is 0. The number of Topliss-reactive ketones (excluding diaryl/α,β-unsaturated/α-hetero) is 1. The van der Waals surface area contributed by atoms with Crippen molar-refractivity contribution in [2.24, 2.45) is 11.8 Å². The molecule has 3 heteroatoms. The maximum atomic E-state index is 12.4. The van der Waals surface area contributed by atoms with Crippen molar-refractivity contribution in [3.05, 3.63) is 29.8 Å². The molecule has 0 amide bonds. The van der Waals surface area contributed by atoms with E-state index in [0.29, 0.717) is 19.1 Å². The molecule has 1 aromatic carbocycles. The van der Waals surface area contributed by atoms with E-state index in [4.69, 9.17) is 9.47 Å². The van der Waals surface area contributed by atoms with Crippen molar-refractivity contribution in [1.29, 1.82) is 0 Å². The Labute approximate surface area is 114 Å². The molecule has 19 heavy (non-hydrogen) atoms. The molecule has 0 spiro atoms. The molecule has 3 nitrogen and oxygen atoms in total. The summed E-state index contributed by atoms with van der Waals surface area (Å²) in [6.07, 6.45) is 0.974. The SMILES string of the molecule is CC(C)Oc1ccc(C(=O)C2CCOCC2C)cc1. The standard InChI is InChI=1S/C16H22O3/c1-11(2)19-14-6-4-13(5-7-14)16(17)15-8-9-18-10-12(15)3/h4-7,11-12,15H,8-10H2,1-3H3. The molecule has 0 aliphatic carbocycles. The number of rotatable bonds is 4. The van der Waals surface area contributed by atoms with Crippen LogP contribution < -0.4 is 4.74 Å². The number of ketones is 1. The van der Waals surface area contributed by atoms with Crippen LogP contribution in [0, 0.1) is 11.8 Å². The van der Waals surface area contributed by atoms with Gasteiger partial charge in [-0.05, 0) is 50.5 Å². The molecule has 0 aromatic heterocycles. The van der Waals surface area contributed by atoms with E-state index in [0.717, 1.165) is 17.7 Å². The van der Waals surface area contributed by atoms with Gasteiger partial charge >= 0.3 is 0 Å². The van der Waals surface area contributed by atoms with Crippen LogP contribution in [-0.2, 0) is 4.74 Å². The molecule has 1 aliphatic heterocycles. The first-order valence-corrected chi connectivity index (χ1v) is 6.96. The van der Waals surface area contributed by atoms with Crippen LogP contribution in [0.15, 0.2) is 24.3 Å². The molecule has 2 atom stereocenters. The van der Waals surface area contributed by atoms with Crippen LogP contribution in [0.1, 0.15) is 37.6 Å². The van der Waals surface area contributed by atoms with Gasteiger partial charge in [-0.25, -0.2) is 0 Å². The molecule has 0 radical (unpaired) electrons.